The van der Waals surface area contributed by atoms with Gasteiger partial charge in [-0.15, -0.1) is 0 Å². The van der Waals surface area contributed by atoms with Crippen molar-refractivity contribution in [1.29, 1.82) is 0 Å². The normalized spacial score (nSPS) is 14.9. The molecule has 6 heteroatoms. The molecule has 0 aromatic heterocycles. The molecule has 4 rings (SSSR count). The van der Waals surface area contributed by atoms with Gasteiger partial charge in [0, 0.05) is 28.4 Å². The molecule has 0 spiro atoms. The lowest BCUT2D eigenvalue weighted by atomic mass is 9.97. The van der Waals surface area contributed by atoms with E-state index in [0.29, 0.717) is 48.2 Å². The number of carbonyl (C=O) groups is 1. The molecule has 0 fully saturated rings. The molecule has 1 aliphatic heterocycles. The van der Waals surface area contributed by atoms with Crippen LogP contribution in [0.4, 0.5) is 21.9 Å². The summed E-state index contributed by atoms with van der Waals surface area (Å²) < 4.78 is 5.90. The van der Waals surface area contributed by atoms with E-state index in [1.165, 1.54) is 5.56 Å². The van der Waals surface area contributed by atoms with Crippen molar-refractivity contribution in [2.75, 3.05) is 22.6 Å². The van der Waals surface area contributed by atoms with E-state index in [1.807, 2.05) is 55.1 Å². The van der Waals surface area contributed by atoms with Gasteiger partial charge in [-0.05, 0) is 59.7 Å². The average molecular weight is 492 g/mol. The van der Waals surface area contributed by atoms with Crippen LogP contribution in [0.1, 0.15) is 68.3 Å². The van der Waals surface area contributed by atoms with Gasteiger partial charge in [-0.25, -0.2) is 4.79 Å². The van der Waals surface area contributed by atoms with Crippen LogP contribution in [0.2, 0.25) is 5.02 Å². The minimum Gasteiger partial charge on any atom is -0.493 e. The zero-order chi connectivity index (χ0) is 25.1. The van der Waals surface area contributed by atoms with Gasteiger partial charge < -0.3 is 15.8 Å². The van der Waals surface area contributed by atoms with Gasteiger partial charge in [0.15, 0.2) is 0 Å². The Bertz CT molecular complexity index is 1180. The molecule has 0 saturated heterocycles. The Morgan fingerprint density at radius 2 is 1.80 bits per heavy atom. The minimum absolute atomic E-state index is 0.170. The number of hydrogen-bond acceptors (Lipinski definition) is 3. The smallest absolute Gasteiger partial charge is 0.326 e. The number of fused-ring (bicyclic) bond motifs is 1. The number of nitrogens with zero attached hydrogens (tertiary/aromatic N) is 1. The number of hydrogen-bond donors (Lipinski definition) is 2. The van der Waals surface area contributed by atoms with Gasteiger partial charge in [0.05, 0.1) is 18.3 Å². The third-order valence-corrected chi connectivity index (χ3v) is 7.09. The summed E-state index contributed by atoms with van der Waals surface area (Å²) in [5.41, 5.74) is 12.5. The summed E-state index contributed by atoms with van der Waals surface area (Å²) in [5.74, 6) is 1.22. The minimum atomic E-state index is -0.213. The molecule has 3 N–H and O–H groups in total. The quantitative estimate of drug-likeness (QED) is 0.346. The first-order chi connectivity index (χ1) is 16.8. The van der Waals surface area contributed by atoms with Crippen LogP contribution in [-0.2, 0) is 12.8 Å². The average Bonchev–Trinajstić information content (AvgIpc) is 2.85. The maximum absolute atomic E-state index is 14.1. The second-order valence-electron chi connectivity index (χ2n) is 9.22. The summed E-state index contributed by atoms with van der Waals surface area (Å²) in [5, 5.41) is 3.78. The second kappa shape index (κ2) is 10.6. The van der Waals surface area contributed by atoms with Crippen molar-refractivity contribution in [2.45, 2.75) is 58.9 Å². The maximum atomic E-state index is 14.1. The molecule has 0 bridgehead atoms. The summed E-state index contributed by atoms with van der Waals surface area (Å²) in [6.45, 7) is 8.93. The summed E-state index contributed by atoms with van der Waals surface area (Å²) >= 11 is 6.55. The molecule has 1 heterocycles. The fourth-order valence-electron chi connectivity index (χ4n) is 4.85. The Hall–Kier alpha value is -3.18. The lowest BCUT2D eigenvalue weighted by Crippen LogP contribution is -2.40. The molecular formula is C29H34ClN3O2. The Kier molecular flexibility index (Phi) is 7.56. The third kappa shape index (κ3) is 4.96. The van der Waals surface area contributed by atoms with Crippen molar-refractivity contribution in [2.24, 2.45) is 0 Å². The number of nitrogen functional groups attached to an aromatic ring is 1. The topological polar surface area (TPSA) is 67.6 Å². The van der Waals surface area contributed by atoms with Crippen molar-refractivity contribution < 1.29 is 9.53 Å². The molecule has 5 nitrogen and oxygen atoms in total. The van der Waals surface area contributed by atoms with Gasteiger partial charge >= 0.3 is 6.03 Å². The Labute approximate surface area is 213 Å². The summed E-state index contributed by atoms with van der Waals surface area (Å²) in [6.07, 6.45) is 2.06. The van der Waals surface area contributed by atoms with E-state index in [4.69, 9.17) is 22.1 Å². The fraction of sp³-hybridized carbons (Fsp3) is 0.345. The molecule has 0 saturated carbocycles. The van der Waals surface area contributed by atoms with E-state index in [-0.39, 0.29) is 12.1 Å². The van der Waals surface area contributed by atoms with E-state index in [2.05, 4.69) is 31.3 Å². The van der Waals surface area contributed by atoms with Crippen molar-refractivity contribution in [3.63, 3.8) is 0 Å². The number of nitrogens with one attached hydrogen (secondary N) is 1. The number of carbonyl (C=O) groups excluding carboxylic acids is 1. The highest BCUT2D eigenvalue weighted by molar-refractivity contribution is 6.32. The molecule has 184 valence electrons. The SMILES string of the molecule is CCc1c(N)cc(Cl)c(CC)c1NC(=O)N(c1ccc(C(C)C)cc1)C1CCOc2ccccc21. The van der Waals surface area contributed by atoms with Crippen LogP contribution in [0.15, 0.2) is 54.6 Å². The maximum Gasteiger partial charge on any atom is 0.326 e. The van der Waals surface area contributed by atoms with Crippen molar-refractivity contribution in [3.05, 3.63) is 81.9 Å². The molecule has 3 aromatic carbocycles. The van der Waals surface area contributed by atoms with Crippen molar-refractivity contribution in [3.8, 4) is 5.75 Å². The fourth-order valence-corrected chi connectivity index (χ4v) is 5.20. The van der Waals surface area contributed by atoms with Gasteiger partial charge in [-0.3, -0.25) is 4.90 Å². The van der Waals surface area contributed by atoms with Crippen LogP contribution in [0, 0.1) is 0 Å². The van der Waals surface area contributed by atoms with Crippen LogP contribution in [0.25, 0.3) is 0 Å². The number of ether oxygens (including phenoxy) is 1. The molecule has 0 aliphatic carbocycles. The first kappa shape index (κ1) is 24.9. The van der Waals surface area contributed by atoms with E-state index in [9.17, 15) is 4.79 Å². The molecule has 1 atom stereocenters. The Balaban J connectivity index is 1.80. The van der Waals surface area contributed by atoms with Gasteiger partial charge in [-0.1, -0.05) is 69.6 Å². The first-order valence-electron chi connectivity index (χ1n) is 12.4. The zero-order valence-corrected chi connectivity index (χ0v) is 21.7. The van der Waals surface area contributed by atoms with Crippen molar-refractivity contribution >= 4 is 34.7 Å². The molecule has 0 radical (unpaired) electrons. The van der Waals surface area contributed by atoms with Crippen LogP contribution in [0.5, 0.6) is 5.75 Å². The van der Waals surface area contributed by atoms with Crippen LogP contribution >= 0.6 is 11.6 Å². The van der Waals surface area contributed by atoms with E-state index in [0.717, 1.165) is 28.1 Å². The van der Waals surface area contributed by atoms with E-state index in [1.54, 1.807) is 6.07 Å². The third-order valence-electron chi connectivity index (χ3n) is 6.76. The number of rotatable bonds is 6. The molecular weight excluding hydrogens is 458 g/mol. The monoisotopic (exact) mass is 491 g/mol. The lowest BCUT2D eigenvalue weighted by molar-refractivity contribution is 0.243. The lowest BCUT2D eigenvalue weighted by Gasteiger charge is -2.36. The Morgan fingerprint density at radius 1 is 1.11 bits per heavy atom. The molecule has 3 aromatic rings. The number of anilines is 3. The van der Waals surface area contributed by atoms with Crippen LogP contribution < -0.4 is 20.7 Å². The number of urea groups is 1. The predicted molar refractivity (Wildman–Crippen MR) is 146 cm³/mol. The van der Waals surface area contributed by atoms with E-state index < -0.39 is 0 Å². The largest absolute Gasteiger partial charge is 0.493 e. The summed E-state index contributed by atoms with van der Waals surface area (Å²) in [6, 6.07) is 17.6. The molecule has 1 aliphatic rings. The number of nitrogens with two attached hydrogens (primary N) is 1. The summed E-state index contributed by atoms with van der Waals surface area (Å²) in [7, 11) is 0. The van der Waals surface area contributed by atoms with Crippen LogP contribution in [0.3, 0.4) is 0 Å². The van der Waals surface area contributed by atoms with Gasteiger partial charge in [-0.2, -0.15) is 0 Å². The first-order valence-corrected chi connectivity index (χ1v) is 12.7. The summed E-state index contributed by atoms with van der Waals surface area (Å²) in [4.78, 5) is 15.9. The molecule has 2 amide bonds. The number of benzene rings is 3. The van der Waals surface area contributed by atoms with E-state index >= 15 is 0 Å². The number of amides is 2. The van der Waals surface area contributed by atoms with Gasteiger partial charge in [0.25, 0.3) is 0 Å². The standard InChI is InChI=1S/C29H34ClN3O2/c1-5-21-24(30)17-25(31)22(6-2)28(21)32-29(34)33(20-13-11-19(12-14-20)18(3)4)26-15-16-35-27-10-8-7-9-23(26)27/h7-14,17-18,26H,5-6,15-16,31H2,1-4H3,(H,32,34). The highest BCUT2D eigenvalue weighted by Crippen LogP contribution is 2.40. The highest BCUT2D eigenvalue weighted by Gasteiger charge is 2.32. The van der Waals surface area contributed by atoms with Gasteiger partial charge in [0.2, 0.25) is 0 Å². The van der Waals surface area contributed by atoms with Crippen molar-refractivity contribution in [1.82, 2.24) is 0 Å². The van der Waals surface area contributed by atoms with Gasteiger partial charge in [0.1, 0.15) is 5.75 Å². The number of halogens is 1. The number of para-hydroxylation sites is 1. The highest BCUT2D eigenvalue weighted by atomic mass is 35.5. The molecule has 35 heavy (non-hydrogen) atoms. The Morgan fingerprint density at radius 3 is 2.46 bits per heavy atom. The second-order valence-corrected chi connectivity index (χ2v) is 9.63. The molecule has 1 unspecified atom stereocenters. The van der Waals surface area contributed by atoms with Crippen LogP contribution in [-0.4, -0.2) is 12.6 Å². The zero-order valence-electron chi connectivity index (χ0n) is 20.9. The predicted octanol–water partition coefficient (Wildman–Crippen LogP) is 7.73.